The van der Waals surface area contributed by atoms with Crippen molar-refractivity contribution in [1.29, 1.82) is 5.26 Å². The van der Waals surface area contributed by atoms with Gasteiger partial charge in [0.25, 0.3) is 0 Å². The van der Waals surface area contributed by atoms with Crippen LogP contribution in [0.1, 0.15) is 23.6 Å². The van der Waals surface area contributed by atoms with Crippen LogP contribution in [0.4, 0.5) is 0 Å². The second kappa shape index (κ2) is 5.81. The standard InChI is InChI=1S/C14H19N3/c1-12-3-2-4-13(11-12)14(5-6-15)17-9-7-16-8-10-17/h2-4,11,14,16H,5,7-10H2,1H3/t14-/m1/s1. The number of nitrogens with one attached hydrogen (secondary N) is 1. The van der Waals surface area contributed by atoms with Crippen LogP contribution >= 0.6 is 0 Å². The molecule has 0 aliphatic carbocycles. The summed E-state index contributed by atoms with van der Waals surface area (Å²) in [5, 5.41) is 12.4. The van der Waals surface area contributed by atoms with Crippen molar-refractivity contribution >= 4 is 0 Å². The molecular weight excluding hydrogens is 210 g/mol. The average Bonchev–Trinajstić information content (AvgIpc) is 2.37. The van der Waals surface area contributed by atoms with Gasteiger partial charge in [-0.25, -0.2) is 0 Å². The van der Waals surface area contributed by atoms with Crippen LogP contribution in [0, 0.1) is 18.3 Å². The summed E-state index contributed by atoms with van der Waals surface area (Å²) in [6.07, 6.45) is 0.573. The third kappa shape index (κ3) is 3.06. The summed E-state index contributed by atoms with van der Waals surface area (Å²) in [4.78, 5) is 2.41. The van der Waals surface area contributed by atoms with E-state index in [1.54, 1.807) is 0 Å². The van der Waals surface area contributed by atoms with Crippen molar-refractivity contribution in [3.63, 3.8) is 0 Å². The van der Waals surface area contributed by atoms with Crippen molar-refractivity contribution in [1.82, 2.24) is 10.2 Å². The van der Waals surface area contributed by atoms with Gasteiger partial charge in [0.05, 0.1) is 12.5 Å². The summed E-state index contributed by atoms with van der Waals surface area (Å²) in [7, 11) is 0. The van der Waals surface area contributed by atoms with Crippen molar-refractivity contribution in [2.45, 2.75) is 19.4 Å². The minimum absolute atomic E-state index is 0.252. The molecule has 0 aromatic heterocycles. The molecule has 0 radical (unpaired) electrons. The SMILES string of the molecule is Cc1cccc([C@@H](CC#N)N2CCNCC2)c1. The predicted octanol–water partition coefficient (Wildman–Crippen LogP) is 1.85. The van der Waals surface area contributed by atoms with Crippen LogP contribution in [0.15, 0.2) is 24.3 Å². The highest BCUT2D eigenvalue weighted by Crippen LogP contribution is 2.24. The van der Waals surface area contributed by atoms with E-state index in [1.807, 2.05) is 0 Å². The summed E-state index contributed by atoms with van der Waals surface area (Å²) in [6.45, 7) is 6.20. The minimum atomic E-state index is 0.252. The van der Waals surface area contributed by atoms with E-state index in [0.717, 1.165) is 26.2 Å². The lowest BCUT2D eigenvalue weighted by Crippen LogP contribution is -2.45. The Labute approximate surface area is 103 Å². The molecule has 1 aliphatic rings. The third-order valence-corrected chi connectivity index (χ3v) is 3.30. The second-order valence-electron chi connectivity index (χ2n) is 4.58. The fourth-order valence-corrected chi connectivity index (χ4v) is 2.42. The Balaban J connectivity index is 2.19. The topological polar surface area (TPSA) is 39.1 Å². The molecule has 3 nitrogen and oxygen atoms in total. The molecule has 0 amide bonds. The Morgan fingerprint density at radius 3 is 2.82 bits per heavy atom. The molecule has 1 heterocycles. The summed E-state index contributed by atoms with van der Waals surface area (Å²) < 4.78 is 0. The molecule has 1 atom stereocenters. The number of nitriles is 1. The zero-order chi connectivity index (χ0) is 12.1. The Kier molecular flexibility index (Phi) is 4.13. The van der Waals surface area contributed by atoms with Gasteiger partial charge < -0.3 is 5.32 Å². The van der Waals surface area contributed by atoms with Gasteiger partial charge >= 0.3 is 0 Å². The fraction of sp³-hybridized carbons (Fsp3) is 0.500. The van der Waals surface area contributed by atoms with Crippen LogP contribution in [-0.2, 0) is 0 Å². The lowest BCUT2D eigenvalue weighted by atomic mass is 10.00. The molecule has 1 N–H and O–H groups in total. The number of aryl methyl sites for hydroxylation is 1. The Hall–Kier alpha value is -1.37. The van der Waals surface area contributed by atoms with Crippen molar-refractivity contribution in [2.24, 2.45) is 0 Å². The van der Waals surface area contributed by atoms with E-state index in [4.69, 9.17) is 5.26 Å². The number of piperazine rings is 1. The van der Waals surface area contributed by atoms with Crippen LogP contribution in [0.3, 0.4) is 0 Å². The number of rotatable bonds is 3. The number of nitrogens with zero attached hydrogens (tertiary/aromatic N) is 2. The van der Waals surface area contributed by atoms with Crippen molar-refractivity contribution < 1.29 is 0 Å². The molecule has 3 heteroatoms. The van der Waals surface area contributed by atoms with Gasteiger partial charge in [0.15, 0.2) is 0 Å². The largest absolute Gasteiger partial charge is 0.314 e. The minimum Gasteiger partial charge on any atom is -0.314 e. The van der Waals surface area contributed by atoms with Gasteiger partial charge in [0.1, 0.15) is 0 Å². The summed E-state index contributed by atoms with van der Waals surface area (Å²) in [5.41, 5.74) is 2.54. The quantitative estimate of drug-likeness (QED) is 0.860. The van der Waals surface area contributed by atoms with Gasteiger partial charge in [-0.15, -0.1) is 0 Å². The monoisotopic (exact) mass is 229 g/mol. The van der Waals surface area contributed by atoms with Gasteiger partial charge in [0, 0.05) is 32.2 Å². The highest BCUT2D eigenvalue weighted by Gasteiger charge is 2.21. The smallest absolute Gasteiger partial charge is 0.0641 e. The summed E-state index contributed by atoms with van der Waals surface area (Å²) in [5.74, 6) is 0. The van der Waals surface area contributed by atoms with E-state index in [2.05, 4.69) is 47.5 Å². The molecule has 90 valence electrons. The molecule has 1 aliphatic heterocycles. The lowest BCUT2D eigenvalue weighted by Gasteiger charge is -2.34. The Morgan fingerprint density at radius 1 is 1.41 bits per heavy atom. The third-order valence-electron chi connectivity index (χ3n) is 3.30. The van der Waals surface area contributed by atoms with Crippen LogP contribution < -0.4 is 5.32 Å². The zero-order valence-electron chi connectivity index (χ0n) is 10.3. The van der Waals surface area contributed by atoms with E-state index in [9.17, 15) is 0 Å². The van der Waals surface area contributed by atoms with Gasteiger partial charge in [-0.3, -0.25) is 4.90 Å². The van der Waals surface area contributed by atoms with Crippen molar-refractivity contribution in [3.05, 3.63) is 35.4 Å². The molecule has 0 spiro atoms. The maximum absolute atomic E-state index is 9.01. The highest BCUT2D eigenvalue weighted by molar-refractivity contribution is 5.26. The Bertz CT molecular complexity index is 402. The molecular formula is C14H19N3. The van der Waals surface area contributed by atoms with E-state index in [1.165, 1.54) is 11.1 Å². The van der Waals surface area contributed by atoms with Crippen LogP contribution in [0.5, 0.6) is 0 Å². The van der Waals surface area contributed by atoms with E-state index in [0.29, 0.717) is 6.42 Å². The first kappa shape index (κ1) is 12.1. The molecule has 17 heavy (non-hydrogen) atoms. The predicted molar refractivity (Wildman–Crippen MR) is 68.6 cm³/mol. The van der Waals surface area contributed by atoms with Crippen molar-refractivity contribution in [2.75, 3.05) is 26.2 Å². The van der Waals surface area contributed by atoms with E-state index >= 15 is 0 Å². The average molecular weight is 229 g/mol. The molecule has 0 unspecified atom stereocenters. The number of hydrogen-bond donors (Lipinski definition) is 1. The van der Waals surface area contributed by atoms with Crippen LogP contribution in [-0.4, -0.2) is 31.1 Å². The molecule has 1 aromatic carbocycles. The first-order chi connectivity index (χ1) is 8.31. The zero-order valence-corrected chi connectivity index (χ0v) is 10.3. The van der Waals surface area contributed by atoms with Crippen LogP contribution in [0.25, 0.3) is 0 Å². The second-order valence-corrected chi connectivity index (χ2v) is 4.58. The first-order valence-corrected chi connectivity index (χ1v) is 6.19. The Morgan fingerprint density at radius 2 is 2.18 bits per heavy atom. The maximum Gasteiger partial charge on any atom is 0.0641 e. The molecule has 1 saturated heterocycles. The van der Waals surface area contributed by atoms with Crippen molar-refractivity contribution in [3.8, 4) is 6.07 Å². The fourth-order valence-electron chi connectivity index (χ4n) is 2.42. The molecule has 1 aromatic rings. The highest BCUT2D eigenvalue weighted by atomic mass is 15.2. The van der Waals surface area contributed by atoms with E-state index < -0.39 is 0 Å². The van der Waals surface area contributed by atoms with Gasteiger partial charge in [-0.2, -0.15) is 5.26 Å². The summed E-state index contributed by atoms with van der Waals surface area (Å²) >= 11 is 0. The summed E-state index contributed by atoms with van der Waals surface area (Å²) in [6, 6.07) is 11.1. The number of benzene rings is 1. The first-order valence-electron chi connectivity index (χ1n) is 6.19. The lowest BCUT2D eigenvalue weighted by molar-refractivity contribution is 0.175. The molecule has 0 bridgehead atoms. The van der Waals surface area contributed by atoms with Crippen LogP contribution in [0.2, 0.25) is 0 Å². The van der Waals surface area contributed by atoms with Gasteiger partial charge in [-0.1, -0.05) is 29.8 Å². The van der Waals surface area contributed by atoms with Gasteiger partial charge in [-0.05, 0) is 12.5 Å². The molecule has 2 rings (SSSR count). The normalized spacial score (nSPS) is 18.6. The van der Waals surface area contributed by atoms with E-state index in [-0.39, 0.29) is 6.04 Å². The molecule has 1 fully saturated rings. The van der Waals surface area contributed by atoms with Gasteiger partial charge in [0.2, 0.25) is 0 Å². The molecule has 0 saturated carbocycles. The maximum atomic E-state index is 9.01. The number of hydrogen-bond acceptors (Lipinski definition) is 3.